The fourth-order valence-electron chi connectivity index (χ4n) is 4.78. The molecule has 3 rings (SSSR count). The molecule has 2 nitrogen and oxygen atoms in total. The summed E-state index contributed by atoms with van der Waals surface area (Å²) in [4.78, 5) is 13.2. The highest BCUT2D eigenvalue weighted by Gasteiger charge is 2.34. The molecule has 1 aliphatic rings. The van der Waals surface area contributed by atoms with Crippen LogP contribution in [0.4, 0.5) is 0 Å². The molecule has 0 spiro atoms. The summed E-state index contributed by atoms with van der Waals surface area (Å²) in [6.45, 7) is 9.09. The maximum Gasteiger partial charge on any atom is 0.337 e. The van der Waals surface area contributed by atoms with Crippen LogP contribution < -0.4 is 0 Å². The molecule has 0 aromatic heterocycles. The summed E-state index contributed by atoms with van der Waals surface area (Å²) in [6, 6.07) is 21.2. The molecule has 0 unspecified atom stereocenters. The molecular weight excluding hydrogens is 444 g/mol. The number of esters is 1. The average Bonchev–Trinajstić information content (AvgIpc) is 2.88. The number of carbonyl (C=O) groups is 1. The first-order valence-electron chi connectivity index (χ1n) is 13.0. The van der Waals surface area contributed by atoms with E-state index in [4.69, 9.17) is 4.74 Å². The summed E-state index contributed by atoms with van der Waals surface area (Å²) in [5.41, 5.74) is 8.84. The number of benzene rings is 2. The first-order chi connectivity index (χ1) is 16.9. The van der Waals surface area contributed by atoms with Crippen molar-refractivity contribution in [1.82, 2.24) is 0 Å². The molecule has 0 saturated heterocycles. The summed E-state index contributed by atoms with van der Waals surface area (Å²) in [5, 5.41) is 1.34. The fraction of sp³-hybridized carbons (Fsp3) is 0.344. The van der Waals surface area contributed by atoms with Gasteiger partial charge in [0.05, 0.1) is 12.7 Å². The molecular formula is C32H40O2Si. The average molecular weight is 485 g/mol. The summed E-state index contributed by atoms with van der Waals surface area (Å²) in [7, 11) is -0.549. The van der Waals surface area contributed by atoms with Crippen LogP contribution in [0.2, 0.25) is 13.1 Å². The van der Waals surface area contributed by atoms with Gasteiger partial charge in [-0.3, -0.25) is 0 Å². The van der Waals surface area contributed by atoms with Gasteiger partial charge in [-0.15, -0.1) is 0 Å². The lowest BCUT2D eigenvalue weighted by molar-refractivity contribution is -0.135. The highest BCUT2D eigenvalue weighted by atomic mass is 28.3. The van der Waals surface area contributed by atoms with Gasteiger partial charge in [0.25, 0.3) is 0 Å². The van der Waals surface area contributed by atoms with Gasteiger partial charge in [-0.1, -0.05) is 125 Å². The second-order valence-electron chi connectivity index (χ2n) is 9.83. The summed E-state index contributed by atoms with van der Waals surface area (Å²) in [5.74, 6) is -0.249. The molecule has 1 aliphatic heterocycles. The van der Waals surface area contributed by atoms with Crippen LogP contribution in [0.25, 0.3) is 10.8 Å². The second kappa shape index (κ2) is 12.7. The third-order valence-electron chi connectivity index (χ3n) is 6.67. The molecule has 3 heteroatoms. The molecule has 35 heavy (non-hydrogen) atoms. The number of ether oxygens (including phenoxy) is 1. The standard InChI is InChI=1S/C32H40O2Si/c1-6-8-12-20-26(17-9-7-2)31(27-21-15-11-16-22-27)28-23-30(25-18-13-10-14-19-25)35(4,5)24-29(28)32(33)34-3/h10-11,13-16,18-24H,6-9,12,17H2,1-5H3/b26-20+,31-28-. The van der Waals surface area contributed by atoms with E-state index in [2.05, 4.69) is 105 Å². The first kappa shape index (κ1) is 26.7. The third kappa shape index (κ3) is 6.61. The van der Waals surface area contributed by atoms with Crippen molar-refractivity contribution < 1.29 is 9.53 Å². The number of methoxy groups -OCH3 is 1. The Morgan fingerprint density at radius 2 is 1.54 bits per heavy atom. The maximum atomic E-state index is 13.2. The smallest absolute Gasteiger partial charge is 0.337 e. The van der Waals surface area contributed by atoms with E-state index in [1.54, 1.807) is 0 Å². The van der Waals surface area contributed by atoms with Gasteiger partial charge in [-0.05, 0) is 52.3 Å². The van der Waals surface area contributed by atoms with E-state index in [1.165, 1.54) is 35.4 Å². The van der Waals surface area contributed by atoms with E-state index in [1.807, 2.05) is 0 Å². The van der Waals surface area contributed by atoms with Gasteiger partial charge in [0.2, 0.25) is 0 Å². The monoisotopic (exact) mass is 484 g/mol. The number of rotatable bonds is 10. The summed E-state index contributed by atoms with van der Waals surface area (Å²) in [6.07, 6.45) is 11.3. The lowest BCUT2D eigenvalue weighted by atomic mass is 9.86. The zero-order valence-electron chi connectivity index (χ0n) is 22.1. The van der Waals surface area contributed by atoms with Crippen molar-refractivity contribution in [3.63, 3.8) is 0 Å². The normalized spacial score (nSPS) is 16.9. The van der Waals surface area contributed by atoms with Crippen LogP contribution in [-0.4, -0.2) is 21.2 Å². The Labute approximate surface area is 213 Å². The molecule has 0 aliphatic carbocycles. The molecule has 2 aromatic carbocycles. The van der Waals surface area contributed by atoms with Crippen LogP contribution in [0.1, 0.15) is 63.5 Å². The van der Waals surface area contributed by atoms with Crippen LogP contribution in [0, 0.1) is 0 Å². The van der Waals surface area contributed by atoms with E-state index < -0.39 is 8.07 Å². The topological polar surface area (TPSA) is 26.3 Å². The summed E-state index contributed by atoms with van der Waals surface area (Å²) >= 11 is 0. The Morgan fingerprint density at radius 1 is 0.914 bits per heavy atom. The van der Waals surface area contributed by atoms with Crippen LogP contribution in [0.5, 0.6) is 0 Å². The predicted octanol–water partition coefficient (Wildman–Crippen LogP) is 8.73. The molecule has 0 atom stereocenters. The lowest BCUT2D eigenvalue weighted by Gasteiger charge is -2.31. The van der Waals surface area contributed by atoms with Gasteiger partial charge in [0.15, 0.2) is 0 Å². The van der Waals surface area contributed by atoms with E-state index >= 15 is 0 Å². The van der Waals surface area contributed by atoms with Crippen molar-refractivity contribution in [1.29, 1.82) is 0 Å². The Kier molecular flexibility index (Phi) is 9.68. The molecule has 1 heterocycles. The highest BCUT2D eigenvalue weighted by Crippen LogP contribution is 2.42. The minimum atomic E-state index is -2.04. The largest absolute Gasteiger partial charge is 0.465 e. The van der Waals surface area contributed by atoms with Crippen LogP contribution in [-0.2, 0) is 9.53 Å². The fourth-order valence-corrected chi connectivity index (χ4v) is 7.36. The van der Waals surface area contributed by atoms with Crippen molar-refractivity contribution in [2.45, 2.75) is 65.5 Å². The van der Waals surface area contributed by atoms with Gasteiger partial charge in [-0.25, -0.2) is 4.79 Å². The maximum absolute atomic E-state index is 13.2. The zero-order valence-corrected chi connectivity index (χ0v) is 23.1. The van der Waals surface area contributed by atoms with Gasteiger partial charge < -0.3 is 4.74 Å². The zero-order chi connectivity index (χ0) is 25.3. The minimum absolute atomic E-state index is 0.249. The Balaban J connectivity index is 2.37. The summed E-state index contributed by atoms with van der Waals surface area (Å²) < 4.78 is 5.33. The predicted molar refractivity (Wildman–Crippen MR) is 152 cm³/mol. The Bertz CT molecular complexity index is 1120. The molecule has 0 amide bonds. The van der Waals surface area contributed by atoms with E-state index in [0.717, 1.165) is 43.2 Å². The van der Waals surface area contributed by atoms with Crippen LogP contribution in [0.3, 0.4) is 0 Å². The molecule has 184 valence electrons. The van der Waals surface area contributed by atoms with Gasteiger partial charge in [0.1, 0.15) is 8.07 Å². The highest BCUT2D eigenvalue weighted by molar-refractivity contribution is 6.99. The SMILES string of the molecule is CCCC/C=C(CCCC)/C(=C1\C=C(c2ccccc2)[Si](C)(C)C=C1C(=O)OC)c1ccccc1. The van der Waals surface area contributed by atoms with Gasteiger partial charge in [-0.2, -0.15) is 0 Å². The Morgan fingerprint density at radius 3 is 2.14 bits per heavy atom. The van der Waals surface area contributed by atoms with Crippen molar-refractivity contribution in [3.05, 3.63) is 106 Å². The van der Waals surface area contributed by atoms with Crippen LogP contribution >= 0.6 is 0 Å². The van der Waals surface area contributed by atoms with Crippen molar-refractivity contribution in [3.8, 4) is 0 Å². The third-order valence-corrected chi connectivity index (χ3v) is 9.50. The Hall–Kier alpha value is -2.91. The minimum Gasteiger partial charge on any atom is -0.465 e. The lowest BCUT2D eigenvalue weighted by Crippen LogP contribution is -2.31. The molecule has 0 fully saturated rings. The number of allylic oxidation sites excluding steroid dienone is 4. The van der Waals surface area contributed by atoms with E-state index in [9.17, 15) is 4.79 Å². The molecule has 0 N–H and O–H groups in total. The van der Waals surface area contributed by atoms with Gasteiger partial charge in [0, 0.05) is 0 Å². The number of hydrogen-bond donors (Lipinski definition) is 0. The van der Waals surface area contributed by atoms with E-state index in [-0.39, 0.29) is 5.97 Å². The first-order valence-corrected chi connectivity index (χ1v) is 16.1. The van der Waals surface area contributed by atoms with Crippen LogP contribution in [0.15, 0.2) is 95.2 Å². The van der Waals surface area contributed by atoms with E-state index in [0.29, 0.717) is 5.57 Å². The van der Waals surface area contributed by atoms with Crippen molar-refractivity contribution in [2.75, 3.05) is 7.11 Å². The second-order valence-corrected chi connectivity index (χ2v) is 14.1. The molecule has 0 saturated carbocycles. The molecule has 0 bridgehead atoms. The number of unbranched alkanes of at least 4 members (excludes halogenated alkanes) is 3. The number of carbonyl (C=O) groups excluding carboxylic acids is 1. The molecule has 2 aromatic rings. The van der Waals surface area contributed by atoms with Gasteiger partial charge >= 0.3 is 5.97 Å². The molecule has 0 radical (unpaired) electrons. The van der Waals surface area contributed by atoms with Crippen molar-refractivity contribution in [2.24, 2.45) is 0 Å². The quantitative estimate of drug-likeness (QED) is 0.191. The number of hydrogen-bond acceptors (Lipinski definition) is 2. The van der Waals surface area contributed by atoms with Crippen molar-refractivity contribution >= 4 is 24.8 Å².